The third kappa shape index (κ3) is 6.78. The molecule has 1 amide bonds. The second-order valence-corrected chi connectivity index (χ2v) is 8.29. The number of aryl methyl sites for hydroxylation is 1. The number of pyridine rings is 1. The molecule has 7 heteroatoms. The van der Waals surface area contributed by atoms with Gasteiger partial charge in [-0.3, -0.25) is 19.8 Å². The lowest BCUT2D eigenvalue weighted by atomic mass is 9.83. The molecular formula is C22H33N3O4. The monoisotopic (exact) mass is 403 g/mol. The zero-order valence-electron chi connectivity index (χ0n) is 17.1. The predicted molar refractivity (Wildman–Crippen MR) is 108 cm³/mol. The molecule has 0 radical (unpaired) electrons. The van der Waals surface area contributed by atoms with Gasteiger partial charge in [-0.1, -0.05) is 25.3 Å². The first kappa shape index (κ1) is 21.7. The molecule has 2 fully saturated rings. The van der Waals surface area contributed by atoms with Gasteiger partial charge in [0.15, 0.2) is 0 Å². The molecule has 0 spiro atoms. The van der Waals surface area contributed by atoms with Crippen molar-refractivity contribution >= 4 is 11.9 Å². The Morgan fingerprint density at radius 1 is 1.10 bits per heavy atom. The van der Waals surface area contributed by atoms with E-state index in [0.717, 1.165) is 49.8 Å². The lowest BCUT2D eigenvalue weighted by Crippen LogP contribution is -2.45. The van der Waals surface area contributed by atoms with Crippen LogP contribution in [0.4, 0.5) is 0 Å². The van der Waals surface area contributed by atoms with Gasteiger partial charge in [0.25, 0.3) is 0 Å². The Balaban J connectivity index is 1.55. The Bertz CT molecular complexity index is 653. The summed E-state index contributed by atoms with van der Waals surface area (Å²) in [7, 11) is 0. The van der Waals surface area contributed by atoms with Gasteiger partial charge in [0, 0.05) is 24.9 Å². The molecule has 29 heavy (non-hydrogen) atoms. The normalized spacial score (nSPS) is 19.1. The molecule has 2 aliphatic rings. The van der Waals surface area contributed by atoms with Crippen molar-refractivity contribution in [1.29, 1.82) is 0 Å². The molecule has 160 valence electrons. The van der Waals surface area contributed by atoms with Gasteiger partial charge in [-0.25, -0.2) is 5.48 Å². The van der Waals surface area contributed by atoms with Gasteiger partial charge in [-0.05, 0) is 62.5 Å². The summed E-state index contributed by atoms with van der Waals surface area (Å²) in [5, 5.41) is 12.0. The van der Waals surface area contributed by atoms with Crippen molar-refractivity contribution in [2.75, 3.05) is 0 Å². The van der Waals surface area contributed by atoms with E-state index >= 15 is 0 Å². The van der Waals surface area contributed by atoms with Crippen molar-refractivity contribution in [3.8, 4) is 0 Å². The SMILES string of the molecule is O=C(CCc1ccc(CN[C@H](C(=O)OC2CCCC2)C2CCCCC2)cn1)NO. The van der Waals surface area contributed by atoms with Crippen molar-refractivity contribution in [2.45, 2.75) is 89.3 Å². The molecule has 3 N–H and O–H groups in total. The summed E-state index contributed by atoms with van der Waals surface area (Å²) in [6.45, 7) is 0.561. The van der Waals surface area contributed by atoms with E-state index in [1.165, 1.54) is 19.3 Å². The van der Waals surface area contributed by atoms with Crippen molar-refractivity contribution in [3.05, 3.63) is 29.6 Å². The summed E-state index contributed by atoms with van der Waals surface area (Å²) in [5.41, 5.74) is 3.41. The van der Waals surface area contributed by atoms with E-state index in [1.807, 2.05) is 12.1 Å². The smallest absolute Gasteiger partial charge is 0.323 e. The molecule has 1 heterocycles. The molecule has 3 rings (SSSR count). The van der Waals surface area contributed by atoms with Crippen LogP contribution < -0.4 is 10.8 Å². The van der Waals surface area contributed by atoms with Gasteiger partial charge >= 0.3 is 5.97 Å². The molecule has 7 nitrogen and oxygen atoms in total. The first-order chi connectivity index (χ1) is 14.2. The molecule has 0 saturated heterocycles. The van der Waals surface area contributed by atoms with Crippen molar-refractivity contribution in [2.24, 2.45) is 5.92 Å². The van der Waals surface area contributed by atoms with Crippen molar-refractivity contribution < 1.29 is 19.5 Å². The van der Waals surface area contributed by atoms with Crippen molar-refractivity contribution in [1.82, 2.24) is 15.8 Å². The molecule has 2 aliphatic carbocycles. The van der Waals surface area contributed by atoms with Crippen LogP contribution in [0.2, 0.25) is 0 Å². The number of hydroxylamine groups is 1. The number of nitrogens with one attached hydrogen (secondary N) is 2. The fourth-order valence-corrected chi connectivity index (χ4v) is 4.39. The summed E-state index contributed by atoms with van der Waals surface area (Å²) >= 11 is 0. The first-order valence-corrected chi connectivity index (χ1v) is 11.0. The number of rotatable bonds is 9. The highest BCUT2D eigenvalue weighted by Crippen LogP contribution is 2.29. The molecular weight excluding hydrogens is 370 g/mol. The lowest BCUT2D eigenvalue weighted by molar-refractivity contribution is -0.153. The standard InChI is InChI=1S/C22H33N3O4/c26-20(25-28)13-12-18-11-10-16(14-23-18)15-24-21(17-6-2-1-3-7-17)22(27)29-19-8-4-5-9-19/h10-11,14,17,19,21,24,28H,1-9,12-13,15H2,(H,25,26)/t21-/m0/s1. The minimum atomic E-state index is -0.423. The number of hydrogen-bond donors (Lipinski definition) is 3. The Morgan fingerprint density at radius 2 is 1.83 bits per heavy atom. The van der Waals surface area contributed by atoms with Crippen LogP contribution in [0.15, 0.2) is 18.3 Å². The van der Waals surface area contributed by atoms with Gasteiger partial charge in [0.05, 0.1) is 0 Å². The van der Waals surface area contributed by atoms with Crippen LogP contribution in [0.3, 0.4) is 0 Å². The zero-order valence-corrected chi connectivity index (χ0v) is 17.1. The molecule has 2 saturated carbocycles. The number of esters is 1. The molecule has 0 bridgehead atoms. The fourth-order valence-electron chi connectivity index (χ4n) is 4.39. The summed E-state index contributed by atoms with van der Waals surface area (Å²) in [6, 6.07) is 3.59. The molecule has 1 aromatic rings. The second kappa shape index (κ2) is 11.3. The lowest BCUT2D eigenvalue weighted by Gasteiger charge is -2.30. The predicted octanol–water partition coefficient (Wildman–Crippen LogP) is 3.04. The van der Waals surface area contributed by atoms with Crippen LogP contribution in [0.1, 0.15) is 75.5 Å². The third-order valence-corrected chi connectivity index (χ3v) is 6.11. The third-order valence-electron chi connectivity index (χ3n) is 6.11. The van der Waals surface area contributed by atoms with Crippen LogP contribution in [-0.4, -0.2) is 34.2 Å². The van der Waals surface area contributed by atoms with Gasteiger partial charge in [-0.2, -0.15) is 0 Å². The average Bonchev–Trinajstić information content (AvgIpc) is 3.26. The Kier molecular flexibility index (Phi) is 8.43. The van der Waals surface area contributed by atoms with E-state index in [4.69, 9.17) is 9.94 Å². The minimum absolute atomic E-state index is 0.0902. The van der Waals surface area contributed by atoms with Crippen molar-refractivity contribution in [3.63, 3.8) is 0 Å². The number of nitrogens with zero attached hydrogens (tertiary/aromatic N) is 1. The van der Waals surface area contributed by atoms with Crippen LogP contribution in [0.25, 0.3) is 0 Å². The Labute approximate surface area is 172 Å². The molecule has 0 aliphatic heterocycles. The quantitative estimate of drug-likeness (QED) is 0.333. The van der Waals surface area contributed by atoms with E-state index in [2.05, 4.69) is 10.3 Å². The molecule has 0 aromatic carbocycles. The summed E-state index contributed by atoms with van der Waals surface area (Å²) in [6.07, 6.45) is 12.6. The van der Waals surface area contributed by atoms with E-state index in [9.17, 15) is 9.59 Å². The number of aromatic nitrogens is 1. The summed E-state index contributed by atoms with van der Waals surface area (Å²) < 4.78 is 5.82. The number of amides is 1. The van der Waals surface area contributed by atoms with Crippen LogP contribution in [-0.2, 0) is 27.3 Å². The van der Waals surface area contributed by atoms with Gasteiger partial charge in [-0.15, -0.1) is 0 Å². The summed E-state index contributed by atoms with van der Waals surface area (Å²) in [5.74, 6) is -0.182. The maximum Gasteiger partial charge on any atom is 0.323 e. The minimum Gasteiger partial charge on any atom is -0.461 e. The van der Waals surface area contributed by atoms with Gasteiger partial charge in [0.1, 0.15) is 12.1 Å². The Morgan fingerprint density at radius 3 is 2.48 bits per heavy atom. The molecule has 1 aromatic heterocycles. The topological polar surface area (TPSA) is 101 Å². The fraction of sp³-hybridized carbons (Fsp3) is 0.682. The van der Waals surface area contributed by atoms with Crippen LogP contribution >= 0.6 is 0 Å². The van der Waals surface area contributed by atoms with E-state index in [0.29, 0.717) is 18.9 Å². The second-order valence-electron chi connectivity index (χ2n) is 8.29. The number of hydrogen-bond acceptors (Lipinski definition) is 6. The zero-order chi connectivity index (χ0) is 20.5. The largest absolute Gasteiger partial charge is 0.461 e. The number of carbonyl (C=O) groups excluding carboxylic acids is 2. The van der Waals surface area contributed by atoms with E-state index in [-0.39, 0.29) is 24.5 Å². The highest BCUT2D eigenvalue weighted by molar-refractivity contribution is 5.76. The molecule has 1 atom stereocenters. The average molecular weight is 404 g/mol. The maximum atomic E-state index is 12.9. The van der Waals surface area contributed by atoms with Crippen LogP contribution in [0.5, 0.6) is 0 Å². The maximum absolute atomic E-state index is 12.9. The van der Waals surface area contributed by atoms with E-state index in [1.54, 1.807) is 11.7 Å². The number of ether oxygens (including phenoxy) is 1. The van der Waals surface area contributed by atoms with E-state index < -0.39 is 5.91 Å². The first-order valence-electron chi connectivity index (χ1n) is 11.0. The number of carbonyl (C=O) groups is 2. The molecule has 0 unspecified atom stereocenters. The van der Waals surface area contributed by atoms with Crippen LogP contribution in [0, 0.1) is 5.92 Å². The summed E-state index contributed by atoms with van der Waals surface area (Å²) in [4.78, 5) is 28.4. The van der Waals surface area contributed by atoms with Gasteiger partial charge in [0.2, 0.25) is 5.91 Å². The highest BCUT2D eigenvalue weighted by Gasteiger charge is 2.32. The highest BCUT2D eigenvalue weighted by atomic mass is 16.5. The Hall–Kier alpha value is -1.99. The van der Waals surface area contributed by atoms with Gasteiger partial charge < -0.3 is 10.1 Å².